The summed E-state index contributed by atoms with van der Waals surface area (Å²) >= 11 is 0.922. The van der Waals surface area contributed by atoms with Crippen molar-refractivity contribution in [2.75, 3.05) is 25.1 Å². The minimum atomic E-state index is -0.652. The monoisotopic (exact) mass is 397 g/mol. The summed E-state index contributed by atoms with van der Waals surface area (Å²) in [5.41, 5.74) is 0.469. The average Bonchev–Trinajstić information content (AvgIpc) is 3.25. The van der Waals surface area contributed by atoms with Gasteiger partial charge in [-0.2, -0.15) is 0 Å². The van der Waals surface area contributed by atoms with E-state index in [1.165, 1.54) is 0 Å². The summed E-state index contributed by atoms with van der Waals surface area (Å²) in [4.78, 5) is 48.4. The van der Waals surface area contributed by atoms with E-state index in [2.05, 4.69) is 5.32 Å². The summed E-state index contributed by atoms with van der Waals surface area (Å²) in [6.45, 7) is 6.71. The predicted molar refractivity (Wildman–Crippen MR) is 97.8 cm³/mol. The molecule has 1 saturated carbocycles. The Morgan fingerprint density at radius 2 is 1.67 bits per heavy atom. The van der Waals surface area contributed by atoms with Crippen LogP contribution in [0.1, 0.15) is 52.8 Å². The van der Waals surface area contributed by atoms with Gasteiger partial charge in [0.05, 0.1) is 24.7 Å². The van der Waals surface area contributed by atoms with Crippen LogP contribution in [-0.2, 0) is 23.8 Å². The third-order valence-electron chi connectivity index (χ3n) is 4.10. The van der Waals surface area contributed by atoms with Crippen molar-refractivity contribution in [2.24, 2.45) is 11.8 Å². The molecule has 1 N–H and O–H groups in total. The smallest absolute Gasteiger partial charge is 0.348 e. The molecule has 1 fully saturated rings. The van der Waals surface area contributed by atoms with Crippen molar-refractivity contribution in [2.45, 2.75) is 34.1 Å². The second kappa shape index (κ2) is 8.98. The number of thiophene rings is 1. The minimum Gasteiger partial charge on any atom is -0.462 e. The van der Waals surface area contributed by atoms with Crippen LogP contribution in [0.25, 0.3) is 0 Å². The molecule has 0 saturated heterocycles. The van der Waals surface area contributed by atoms with E-state index in [1.807, 2.05) is 6.92 Å². The molecule has 1 amide bonds. The Morgan fingerprint density at radius 3 is 2.22 bits per heavy atom. The maximum atomic E-state index is 12.3. The van der Waals surface area contributed by atoms with Crippen LogP contribution >= 0.6 is 11.3 Å². The molecule has 1 aliphatic carbocycles. The van der Waals surface area contributed by atoms with Crippen molar-refractivity contribution >= 4 is 40.2 Å². The Labute approximate surface area is 161 Å². The fraction of sp³-hybridized carbons (Fsp3) is 0.556. The second-order valence-corrected chi connectivity index (χ2v) is 7.20. The van der Waals surface area contributed by atoms with Gasteiger partial charge in [-0.3, -0.25) is 9.59 Å². The molecule has 0 aromatic carbocycles. The maximum absolute atomic E-state index is 12.3. The molecule has 0 aliphatic heterocycles. The summed E-state index contributed by atoms with van der Waals surface area (Å²) in [5, 5.41) is 2.69. The lowest BCUT2D eigenvalue weighted by molar-refractivity contribution is -0.148. The molecule has 1 aromatic rings. The molecule has 2 atom stereocenters. The number of hydrogen-bond acceptors (Lipinski definition) is 8. The van der Waals surface area contributed by atoms with Crippen LogP contribution in [0.2, 0.25) is 0 Å². The van der Waals surface area contributed by atoms with Crippen molar-refractivity contribution in [3.05, 3.63) is 16.0 Å². The number of anilines is 1. The number of ether oxygens (including phenoxy) is 3. The lowest BCUT2D eigenvalue weighted by Gasteiger charge is -2.07. The number of nitrogens with one attached hydrogen (secondary N) is 1. The number of hydrogen-bond donors (Lipinski definition) is 1. The Balaban J connectivity index is 2.14. The predicted octanol–water partition coefficient (Wildman–Crippen LogP) is 2.55. The fourth-order valence-corrected chi connectivity index (χ4v) is 3.60. The van der Waals surface area contributed by atoms with Gasteiger partial charge in [0, 0.05) is 0 Å². The molecule has 148 valence electrons. The van der Waals surface area contributed by atoms with Crippen LogP contribution in [0.15, 0.2) is 0 Å². The zero-order valence-corrected chi connectivity index (χ0v) is 16.6. The van der Waals surface area contributed by atoms with E-state index in [-0.39, 0.29) is 40.5 Å². The largest absolute Gasteiger partial charge is 0.462 e. The van der Waals surface area contributed by atoms with Crippen LogP contribution < -0.4 is 5.32 Å². The molecule has 9 heteroatoms. The normalized spacial score (nSPS) is 17.8. The molecule has 0 radical (unpaired) electrons. The lowest BCUT2D eigenvalue weighted by atomic mass is 10.1. The van der Waals surface area contributed by atoms with Crippen LogP contribution in [-0.4, -0.2) is 43.6 Å². The first-order valence-corrected chi connectivity index (χ1v) is 9.55. The van der Waals surface area contributed by atoms with Gasteiger partial charge in [0.25, 0.3) is 5.91 Å². The summed E-state index contributed by atoms with van der Waals surface area (Å²) in [6, 6.07) is 0. The maximum Gasteiger partial charge on any atom is 0.348 e. The van der Waals surface area contributed by atoms with Crippen LogP contribution in [0, 0.1) is 18.8 Å². The number of carbonyl (C=O) groups excluding carboxylic acids is 4. The summed E-state index contributed by atoms with van der Waals surface area (Å²) < 4.78 is 15.0. The molecular formula is C18H23NO7S. The zero-order chi connectivity index (χ0) is 20.1. The Bertz CT molecular complexity index is 755. The van der Waals surface area contributed by atoms with Crippen molar-refractivity contribution in [1.82, 2.24) is 0 Å². The fourth-order valence-electron chi connectivity index (χ4n) is 2.50. The molecule has 8 nitrogen and oxygen atoms in total. The topological polar surface area (TPSA) is 108 Å². The van der Waals surface area contributed by atoms with E-state index in [0.717, 1.165) is 17.8 Å². The van der Waals surface area contributed by atoms with Gasteiger partial charge in [-0.15, -0.1) is 11.3 Å². The Hall–Kier alpha value is -2.42. The summed E-state index contributed by atoms with van der Waals surface area (Å²) in [7, 11) is 0. The number of esters is 3. The van der Waals surface area contributed by atoms with E-state index in [0.29, 0.717) is 5.56 Å². The van der Waals surface area contributed by atoms with Gasteiger partial charge in [-0.1, -0.05) is 6.92 Å². The van der Waals surface area contributed by atoms with Crippen molar-refractivity contribution in [3.63, 3.8) is 0 Å². The Morgan fingerprint density at radius 1 is 1.07 bits per heavy atom. The van der Waals surface area contributed by atoms with Crippen LogP contribution in [0.5, 0.6) is 0 Å². The molecule has 27 heavy (non-hydrogen) atoms. The highest BCUT2D eigenvalue weighted by Crippen LogP contribution is 2.38. The number of amides is 1. The van der Waals surface area contributed by atoms with E-state index >= 15 is 0 Å². The molecule has 1 aromatic heterocycles. The molecule has 0 spiro atoms. The summed E-state index contributed by atoms with van der Waals surface area (Å²) in [6.07, 6.45) is 0.764. The van der Waals surface area contributed by atoms with E-state index in [9.17, 15) is 19.2 Å². The Kier molecular flexibility index (Phi) is 6.95. The highest BCUT2D eigenvalue weighted by Gasteiger charge is 2.40. The van der Waals surface area contributed by atoms with Crippen molar-refractivity contribution in [3.8, 4) is 0 Å². The van der Waals surface area contributed by atoms with Crippen molar-refractivity contribution < 1.29 is 33.4 Å². The quantitative estimate of drug-likeness (QED) is 0.530. The number of rotatable bonds is 8. The van der Waals surface area contributed by atoms with E-state index in [1.54, 1.807) is 20.8 Å². The first kappa shape index (κ1) is 20.9. The third-order valence-corrected chi connectivity index (χ3v) is 5.29. The molecule has 0 bridgehead atoms. The zero-order valence-electron chi connectivity index (χ0n) is 15.7. The van der Waals surface area contributed by atoms with E-state index in [4.69, 9.17) is 14.2 Å². The second-order valence-electron chi connectivity index (χ2n) is 6.18. The first-order chi connectivity index (χ1) is 12.8. The van der Waals surface area contributed by atoms with Gasteiger partial charge < -0.3 is 19.5 Å². The number of carbonyl (C=O) groups is 4. The third kappa shape index (κ3) is 5.06. The van der Waals surface area contributed by atoms with Gasteiger partial charge in [0.2, 0.25) is 0 Å². The average molecular weight is 397 g/mol. The van der Waals surface area contributed by atoms with Crippen molar-refractivity contribution in [1.29, 1.82) is 0 Å². The van der Waals surface area contributed by atoms with Gasteiger partial charge in [-0.05, 0) is 38.7 Å². The first-order valence-electron chi connectivity index (χ1n) is 8.74. The van der Waals surface area contributed by atoms with E-state index < -0.39 is 30.4 Å². The van der Waals surface area contributed by atoms with Gasteiger partial charge in [0.15, 0.2) is 6.61 Å². The van der Waals surface area contributed by atoms with Gasteiger partial charge in [0.1, 0.15) is 9.88 Å². The molecule has 2 rings (SSSR count). The molecule has 1 heterocycles. The SMILES string of the molecule is CCOC(=O)c1sc(NC(=O)COC(=O)[C@@H]2C[C@H]2C)c(C(=O)OCC)c1C. The minimum absolute atomic E-state index is 0.0976. The highest BCUT2D eigenvalue weighted by molar-refractivity contribution is 7.18. The molecular weight excluding hydrogens is 374 g/mol. The highest BCUT2D eigenvalue weighted by atomic mass is 32.1. The summed E-state index contributed by atoms with van der Waals surface area (Å²) in [5.74, 6) is -2.10. The van der Waals surface area contributed by atoms with Crippen LogP contribution in [0.3, 0.4) is 0 Å². The van der Waals surface area contributed by atoms with Gasteiger partial charge >= 0.3 is 17.9 Å². The molecule has 1 aliphatic rings. The van der Waals surface area contributed by atoms with Crippen LogP contribution in [0.4, 0.5) is 5.00 Å². The lowest BCUT2D eigenvalue weighted by Crippen LogP contribution is -2.22. The molecule has 0 unspecified atom stereocenters. The standard InChI is InChI=1S/C18H23NO7S/c1-5-24-17(22)13-10(4)14(18(23)25-6-2)27-15(13)19-12(20)8-26-16(21)11-7-9(11)3/h9,11H,5-8H2,1-4H3,(H,19,20)/t9-,11-/m1/s1. The van der Waals surface area contributed by atoms with Gasteiger partial charge in [-0.25, -0.2) is 9.59 Å².